The van der Waals surface area contributed by atoms with E-state index in [0.717, 1.165) is 15.7 Å². The Kier molecular flexibility index (Phi) is 4.00. The highest BCUT2D eigenvalue weighted by molar-refractivity contribution is 9.10. The largest absolute Gasteiger partial charge is 0.382 e. The van der Waals surface area contributed by atoms with Gasteiger partial charge in [0.25, 0.3) is 0 Å². The first-order valence-corrected chi connectivity index (χ1v) is 7.33. The molecule has 0 aliphatic rings. The molecule has 3 aromatic rings. The molecule has 1 aromatic heterocycles. The average Bonchev–Trinajstić information content (AvgIpc) is 3.05. The van der Waals surface area contributed by atoms with Crippen molar-refractivity contribution in [2.45, 2.75) is 6.10 Å². The van der Waals surface area contributed by atoms with Crippen LogP contribution >= 0.6 is 15.9 Å². The van der Waals surface area contributed by atoms with Gasteiger partial charge in [-0.15, -0.1) is 5.10 Å². The second-order valence-electron chi connectivity index (χ2n) is 4.70. The minimum Gasteiger partial charge on any atom is -0.382 e. The molecule has 0 unspecified atom stereocenters. The summed E-state index contributed by atoms with van der Waals surface area (Å²) in [7, 11) is 0. The van der Waals surface area contributed by atoms with E-state index in [1.165, 1.54) is 0 Å². The van der Waals surface area contributed by atoms with E-state index in [1.54, 1.807) is 35.1 Å². The Balaban J connectivity index is 1.86. The lowest BCUT2D eigenvalue weighted by Crippen LogP contribution is -1.99. The zero-order chi connectivity index (χ0) is 15.5. The maximum absolute atomic E-state index is 10.4. The average molecular weight is 355 g/mol. The Bertz CT molecular complexity index is 819. The van der Waals surface area contributed by atoms with Gasteiger partial charge in [0, 0.05) is 4.47 Å². The molecule has 108 valence electrons. The molecule has 6 heteroatoms. The first-order valence-electron chi connectivity index (χ1n) is 6.53. The zero-order valence-electron chi connectivity index (χ0n) is 11.4. The molecule has 0 amide bonds. The highest BCUT2D eigenvalue weighted by Crippen LogP contribution is 2.22. The molecular weight excluding hydrogens is 344 g/mol. The van der Waals surface area contributed by atoms with Crippen LogP contribution in [0.25, 0.3) is 5.69 Å². The van der Waals surface area contributed by atoms with E-state index in [1.807, 2.05) is 24.3 Å². The molecule has 0 aliphatic carbocycles. The van der Waals surface area contributed by atoms with Gasteiger partial charge in [-0.3, -0.25) is 0 Å². The fraction of sp³-hybridized carbons (Fsp3) is 0.0625. The normalized spacial score (nSPS) is 11.9. The van der Waals surface area contributed by atoms with Crippen molar-refractivity contribution in [3.05, 3.63) is 76.0 Å². The lowest BCUT2D eigenvalue weighted by molar-refractivity contribution is 0.215. The van der Waals surface area contributed by atoms with E-state index in [4.69, 9.17) is 5.26 Å². The quantitative estimate of drug-likeness (QED) is 0.784. The molecule has 0 aliphatic heterocycles. The summed E-state index contributed by atoms with van der Waals surface area (Å²) >= 11 is 3.36. The molecule has 1 atom stereocenters. The first-order chi connectivity index (χ1) is 10.7. The molecule has 0 saturated carbocycles. The van der Waals surface area contributed by atoms with Gasteiger partial charge < -0.3 is 5.11 Å². The molecule has 0 radical (unpaired) electrons. The second-order valence-corrected chi connectivity index (χ2v) is 5.62. The highest BCUT2D eigenvalue weighted by atomic mass is 79.9. The Morgan fingerprint density at radius 3 is 2.41 bits per heavy atom. The van der Waals surface area contributed by atoms with Crippen LogP contribution in [0.1, 0.15) is 22.9 Å². The summed E-state index contributed by atoms with van der Waals surface area (Å²) in [5.74, 6) is 0. The van der Waals surface area contributed by atoms with Crippen LogP contribution in [0.5, 0.6) is 0 Å². The van der Waals surface area contributed by atoms with E-state index in [-0.39, 0.29) is 0 Å². The summed E-state index contributed by atoms with van der Waals surface area (Å²) in [6.07, 6.45) is 0.842. The van der Waals surface area contributed by atoms with Gasteiger partial charge in [0.05, 0.1) is 23.5 Å². The van der Waals surface area contributed by atoms with Crippen molar-refractivity contribution in [1.82, 2.24) is 15.0 Å². The van der Waals surface area contributed by atoms with E-state index in [2.05, 4.69) is 32.3 Å². The summed E-state index contributed by atoms with van der Waals surface area (Å²) in [6.45, 7) is 0. The predicted octanol–water partition coefficient (Wildman–Crippen LogP) is 2.98. The summed E-state index contributed by atoms with van der Waals surface area (Å²) in [6, 6.07) is 16.4. The van der Waals surface area contributed by atoms with Crippen LogP contribution in [0.15, 0.2) is 59.2 Å². The highest BCUT2D eigenvalue weighted by Gasteiger charge is 2.15. The SMILES string of the molecule is N#Cc1ccc(-n2cc([C@H](O)c3ccc(Br)cc3)nn2)cc1. The van der Waals surface area contributed by atoms with Gasteiger partial charge in [-0.25, -0.2) is 4.68 Å². The molecular formula is C16H11BrN4O. The third kappa shape index (κ3) is 2.91. The fourth-order valence-electron chi connectivity index (χ4n) is 2.03. The number of aliphatic hydroxyl groups excluding tert-OH is 1. The summed E-state index contributed by atoms with van der Waals surface area (Å²) in [4.78, 5) is 0. The van der Waals surface area contributed by atoms with Gasteiger partial charge >= 0.3 is 0 Å². The minimum absolute atomic E-state index is 0.465. The van der Waals surface area contributed by atoms with Crippen LogP contribution in [0.4, 0.5) is 0 Å². The molecule has 1 N–H and O–H groups in total. The Morgan fingerprint density at radius 1 is 1.09 bits per heavy atom. The van der Waals surface area contributed by atoms with Crippen molar-refractivity contribution >= 4 is 15.9 Å². The van der Waals surface area contributed by atoms with Crippen LogP contribution in [0, 0.1) is 11.3 Å². The molecule has 0 saturated heterocycles. The van der Waals surface area contributed by atoms with Crippen molar-refractivity contribution in [1.29, 1.82) is 5.26 Å². The van der Waals surface area contributed by atoms with Gasteiger partial charge in [0.2, 0.25) is 0 Å². The van der Waals surface area contributed by atoms with Gasteiger partial charge in [0.15, 0.2) is 0 Å². The summed E-state index contributed by atoms with van der Waals surface area (Å²) in [5.41, 5.74) is 2.57. The van der Waals surface area contributed by atoms with Crippen LogP contribution in [0.3, 0.4) is 0 Å². The number of aromatic nitrogens is 3. The van der Waals surface area contributed by atoms with E-state index in [9.17, 15) is 5.11 Å². The molecule has 22 heavy (non-hydrogen) atoms. The zero-order valence-corrected chi connectivity index (χ0v) is 13.0. The summed E-state index contributed by atoms with van der Waals surface area (Å²) < 4.78 is 2.52. The topological polar surface area (TPSA) is 74.7 Å². The molecule has 1 heterocycles. The smallest absolute Gasteiger partial charge is 0.124 e. The third-order valence-corrected chi connectivity index (χ3v) is 3.77. The maximum Gasteiger partial charge on any atom is 0.124 e. The van der Waals surface area contributed by atoms with Crippen LogP contribution < -0.4 is 0 Å². The predicted molar refractivity (Wildman–Crippen MR) is 84.3 cm³/mol. The van der Waals surface area contributed by atoms with E-state index >= 15 is 0 Å². The minimum atomic E-state index is -0.833. The number of benzene rings is 2. The van der Waals surface area contributed by atoms with Crippen LogP contribution in [0.2, 0.25) is 0 Å². The standard InChI is InChI=1S/C16H11BrN4O/c17-13-5-3-12(4-6-13)16(22)15-10-21(20-19-15)14-7-1-11(9-18)2-8-14/h1-8,10,16,22H/t16-/m1/s1. The van der Waals surface area contributed by atoms with Crippen molar-refractivity contribution < 1.29 is 5.11 Å². The molecule has 0 bridgehead atoms. The Hall–Kier alpha value is -2.49. The second kappa shape index (κ2) is 6.10. The number of halogens is 1. The van der Waals surface area contributed by atoms with Crippen molar-refractivity contribution in [2.75, 3.05) is 0 Å². The number of nitriles is 1. The van der Waals surface area contributed by atoms with Gasteiger partial charge in [-0.2, -0.15) is 5.26 Å². The van der Waals surface area contributed by atoms with Crippen molar-refractivity contribution in [2.24, 2.45) is 0 Å². The Labute approximate surface area is 135 Å². The Morgan fingerprint density at radius 2 is 1.77 bits per heavy atom. The lowest BCUT2D eigenvalue weighted by atomic mass is 10.1. The molecule has 2 aromatic carbocycles. The van der Waals surface area contributed by atoms with Gasteiger partial charge in [-0.05, 0) is 42.0 Å². The number of nitrogens with zero attached hydrogens (tertiary/aromatic N) is 4. The van der Waals surface area contributed by atoms with Crippen LogP contribution in [-0.2, 0) is 0 Å². The third-order valence-electron chi connectivity index (χ3n) is 3.24. The fourth-order valence-corrected chi connectivity index (χ4v) is 2.30. The number of hydrogen-bond acceptors (Lipinski definition) is 4. The molecule has 3 rings (SSSR count). The van der Waals surface area contributed by atoms with Crippen molar-refractivity contribution in [3.8, 4) is 11.8 Å². The summed E-state index contributed by atoms with van der Waals surface area (Å²) in [5, 5.41) is 27.2. The van der Waals surface area contributed by atoms with E-state index < -0.39 is 6.10 Å². The van der Waals surface area contributed by atoms with Crippen molar-refractivity contribution in [3.63, 3.8) is 0 Å². The van der Waals surface area contributed by atoms with E-state index in [0.29, 0.717) is 11.3 Å². The van der Waals surface area contributed by atoms with Crippen LogP contribution in [-0.4, -0.2) is 20.1 Å². The van der Waals surface area contributed by atoms with Gasteiger partial charge in [0.1, 0.15) is 11.8 Å². The van der Waals surface area contributed by atoms with Gasteiger partial charge in [-0.1, -0.05) is 33.3 Å². The lowest BCUT2D eigenvalue weighted by Gasteiger charge is -2.07. The maximum atomic E-state index is 10.4. The molecule has 0 fully saturated rings. The number of aliphatic hydroxyl groups is 1. The first kappa shape index (κ1) is 14.4. The number of rotatable bonds is 3. The monoisotopic (exact) mass is 354 g/mol. The molecule has 0 spiro atoms. The number of hydrogen-bond donors (Lipinski definition) is 1. The molecule has 5 nitrogen and oxygen atoms in total.